The average Bonchev–Trinajstić information content (AvgIpc) is 3.21. The first kappa shape index (κ1) is 21.2. The maximum atomic E-state index is 13.5. The Morgan fingerprint density at radius 3 is 2.36 bits per heavy atom. The Morgan fingerprint density at radius 1 is 0.970 bits per heavy atom. The van der Waals surface area contributed by atoms with E-state index in [2.05, 4.69) is 20.1 Å². The standard InChI is InChI=1S/C23H17ClFN5O2S/c24-17-8-12-19(13-9-17)33(31,32)29-22-27-23-26-20(15-4-2-1-3-5-15)14-21(30(23)28-22)16-6-10-18(25)11-7-16/h1-14,21H,(H2,26,27,28,29)/t21-/m1/s1. The third-order valence-corrected chi connectivity index (χ3v) is 6.71. The summed E-state index contributed by atoms with van der Waals surface area (Å²) in [4.78, 5) is 4.39. The van der Waals surface area contributed by atoms with Crippen molar-refractivity contribution in [3.05, 3.63) is 107 Å². The Kier molecular flexibility index (Phi) is 5.35. The zero-order valence-electron chi connectivity index (χ0n) is 17.0. The summed E-state index contributed by atoms with van der Waals surface area (Å²) in [6.07, 6.45) is 1.93. The van der Waals surface area contributed by atoms with Crippen molar-refractivity contribution in [3.8, 4) is 0 Å². The lowest BCUT2D eigenvalue weighted by Crippen LogP contribution is -2.20. The molecule has 7 nitrogen and oxygen atoms in total. The summed E-state index contributed by atoms with van der Waals surface area (Å²) in [7, 11) is -3.92. The van der Waals surface area contributed by atoms with Gasteiger partial charge in [-0.05, 0) is 53.6 Å². The van der Waals surface area contributed by atoms with Gasteiger partial charge in [0.1, 0.15) is 11.9 Å². The maximum absolute atomic E-state index is 13.5. The topological polar surface area (TPSA) is 88.9 Å². The fraction of sp³-hybridized carbons (Fsp3) is 0.0435. The van der Waals surface area contributed by atoms with Crippen molar-refractivity contribution in [2.75, 3.05) is 10.0 Å². The molecule has 1 aliphatic heterocycles. The third kappa shape index (κ3) is 4.33. The van der Waals surface area contributed by atoms with Gasteiger partial charge in [0, 0.05) is 10.7 Å². The average molecular weight is 482 g/mol. The fourth-order valence-electron chi connectivity index (χ4n) is 3.51. The molecule has 0 fully saturated rings. The number of nitrogens with one attached hydrogen (secondary N) is 2. The van der Waals surface area contributed by atoms with Crippen molar-refractivity contribution in [2.45, 2.75) is 10.9 Å². The molecule has 166 valence electrons. The number of fused-ring (bicyclic) bond motifs is 1. The summed E-state index contributed by atoms with van der Waals surface area (Å²) < 4.78 is 43.0. The van der Waals surface area contributed by atoms with Crippen LogP contribution in [0.25, 0.3) is 5.70 Å². The number of nitrogens with zero attached hydrogens (tertiary/aromatic N) is 3. The molecular formula is C23H17ClFN5O2S. The molecule has 0 unspecified atom stereocenters. The zero-order chi connectivity index (χ0) is 23.0. The lowest BCUT2D eigenvalue weighted by atomic mass is 10.0. The Hall–Kier alpha value is -3.69. The van der Waals surface area contributed by atoms with Gasteiger partial charge in [-0.25, -0.2) is 22.2 Å². The predicted molar refractivity (Wildman–Crippen MR) is 125 cm³/mol. The van der Waals surface area contributed by atoms with Gasteiger partial charge in [-0.1, -0.05) is 54.1 Å². The van der Waals surface area contributed by atoms with Crippen LogP contribution in [-0.4, -0.2) is 23.2 Å². The van der Waals surface area contributed by atoms with Crippen molar-refractivity contribution in [1.82, 2.24) is 14.8 Å². The van der Waals surface area contributed by atoms with Crippen LogP contribution >= 0.6 is 11.6 Å². The summed E-state index contributed by atoms with van der Waals surface area (Å²) >= 11 is 5.86. The molecule has 4 aromatic rings. The smallest absolute Gasteiger partial charge is 0.264 e. The summed E-state index contributed by atoms with van der Waals surface area (Å²) in [5.41, 5.74) is 2.46. The normalized spacial score (nSPS) is 15.3. The molecule has 0 saturated carbocycles. The predicted octanol–water partition coefficient (Wildman–Crippen LogP) is 4.93. The number of benzene rings is 3. The monoisotopic (exact) mass is 481 g/mol. The molecule has 0 aliphatic carbocycles. The molecule has 5 rings (SSSR count). The van der Waals surface area contributed by atoms with Crippen LogP contribution in [0, 0.1) is 5.82 Å². The third-order valence-electron chi connectivity index (χ3n) is 5.11. The van der Waals surface area contributed by atoms with E-state index < -0.39 is 16.1 Å². The highest BCUT2D eigenvalue weighted by atomic mass is 35.5. The van der Waals surface area contributed by atoms with Gasteiger partial charge in [0.15, 0.2) is 0 Å². The minimum absolute atomic E-state index is 0.0332. The molecule has 2 N–H and O–H groups in total. The van der Waals surface area contributed by atoms with E-state index in [1.54, 1.807) is 16.8 Å². The highest BCUT2D eigenvalue weighted by Gasteiger charge is 2.27. The van der Waals surface area contributed by atoms with Gasteiger partial charge in [-0.2, -0.15) is 4.98 Å². The first-order valence-electron chi connectivity index (χ1n) is 9.94. The maximum Gasteiger partial charge on any atom is 0.264 e. The fourth-order valence-corrected chi connectivity index (χ4v) is 4.58. The van der Waals surface area contributed by atoms with E-state index in [1.807, 2.05) is 36.4 Å². The van der Waals surface area contributed by atoms with Crippen LogP contribution in [0.2, 0.25) is 5.02 Å². The molecular weight excluding hydrogens is 465 g/mol. The lowest BCUT2D eigenvalue weighted by Gasteiger charge is -2.24. The van der Waals surface area contributed by atoms with Crippen molar-refractivity contribution in [1.29, 1.82) is 0 Å². The number of aromatic nitrogens is 3. The summed E-state index contributed by atoms with van der Waals surface area (Å²) in [6, 6.07) is 21.0. The van der Waals surface area contributed by atoms with Crippen LogP contribution in [0.5, 0.6) is 0 Å². The van der Waals surface area contributed by atoms with Gasteiger partial charge in [0.25, 0.3) is 16.0 Å². The van der Waals surface area contributed by atoms with Gasteiger partial charge in [0.2, 0.25) is 5.95 Å². The van der Waals surface area contributed by atoms with Crippen LogP contribution in [0.1, 0.15) is 17.2 Å². The van der Waals surface area contributed by atoms with Crippen molar-refractivity contribution in [2.24, 2.45) is 0 Å². The van der Waals surface area contributed by atoms with Gasteiger partial charge < -0.3 is 5.32 Å². The number of allylic oxidation sites excluding steroid dienone is 1. The second kappa shape index (κ2) is 8.34. The van der Waals surface area contributed by atoms with E-state index in [0.717, 1.165) is 16.8 Å². The van der Waals surface area contributed by atoms with E-state index in [4.69, 9.17) is 11.6 Å². The molecule has 0 amide bonds. The van der Waals surface area contributed by atoms with E-state index >= 15 is 0 Å². The molecule has 1 aliphatic rings. The number of halogens is 2. The van der Waals surface area contributed by atoms with Crippen molar-refractivity contribution < 1.29 is 12.8 Å². The van der Waals surface area contributed by atoms with E-state index in [-0.39, 0.29) is 16.7 Å². The Morgan fingerprint density at radius 2 is 1.67 bits per heavy atom. The van der Waals surface area contributed by atoms with E-state index in [9.17, 15) is 12.8 Å². The molecule has 1 aromatic heterocycles. The molecule has 0 spiro atoms. The van der Waals surface area contributed by atoms with Crippen LogP contribution < -0.4 is 10.0 Å². The highest BCUT2D eigenvalue weighted by Crippen LogP contribution is 2.33. The van der Waals surface area contributed by atoms with Gasteiger partial charge in [-0.3, -0.25) is 0 Å². The minimum Gasteiger partial charge on any atom is -0.324 e. The molecule has 10 heteroatoms. The molecule has 0 saturated heterocycles. The van der Waals surface area contributed by atoms with Crippen LogP contribution in [0.3, 0.4) is 0 Å². The van der Waals surface area contributed by atoms with Gasteiger partial charge in [-0.15, -0.1) is 5.10 Å². The summed E-state index contributed by atoms with van der Waals surface area (Å²) in [5.74, 6) is -0.100. The molecule has 0 bridgehead atoms. The first-order chi connectivity index (χ1) is 15.9. The Bertz CT molecular complexity index is 1440. The number of rotatable bonds is 5. The second-order valence-electron chi connectivity index (χ2n) is 7.33. The molecule has 0 radical (unpaired) electrons. The number of anilines is 2. The lowest BCUT2D eigenvalue weighted by molar-refractivity contribution is 0.597. The summed E-state index contributed by atoms with van der Waals surface area (Å²) in [6.45, 7) is 0. The summed E-state index contributed by atoms with van der Waals surface area (Å²) in [5, 5.41) is 8.00. The number of hydrogen-bond acceptors (Lipinski definition) is 5. The largest absolute Gasteiger partial charge is 0.324 e. The van der Waals surface area contributed by atoms with E-state index in [0.29, 0.717) is 11.0 Å². The number of sulfonamides is 1. The molecule has 2 heterocycles. The van der Waals surface area contributed by atoms with Crippen LogP contribution in [0.15, 0.2) is 89.8 Å². The van der Waals surface area contributed by atoms with Gasteiger partial charge >= 0.3 is 0 Å². The molecule has 1 atom stereocenters. The highest BCUT2D eigenvalue weighted by molar-refractivity contribution is 7.92. The quantitative estimate of drug-likeness (QED) is 0.422. The Labute approximate surface area is 194 Å². The molecule has 3 aromatic carbocycles. The van der Waals surface area contributed by atoms with Crippen LogP contribution in [-0.2, 0) is 10.0 Å². The van der Waals surface area contributed by atoms with Crippen molar-refractivity contribution >= 4 is 39.2 Å². The van der Waals surface area contributed by atoms with Crippen molar-refractivity contribution in [3.63, 3.8) is 0 Å². The second-order valence-corrected chi connectivity index (χ2v) is 9.45. The number of hydrogen-bond donors (Lipinski definition) is 2. The minimum atomic E-state index is -3.92. The zero-order valence-corrected chi connectivity index (χ0v) is 18.6. The van der Waals surface area contributed by atoms with Crippen LogP contribution in [0.4, 0.5) is 16.3 Å². The molecule has 33 heavy (non-hydrogen) atoms. The first-order valence-corrected chi connectivity index (χ1v) is 11.8. The van der Waals surface area contributed by atoms with Gasteiger partial charge in [0.05, 0.1) is 4.90 Å². The van der Waals surface area contributed by atoms with E-state index in [1.165, 1.54) is 36.4 Å². The Balaban J connectivity index is 1.53. The SMILES string of the molecule is O=S(=O)(Nc1nc2n(n1)[C@@H](c1ccc(F)cc1)C=C(c1ccccc1)N2)c1ccc(Cl)cc1.